The number of likely N-dealkylation sites (N-methyl/N-ethyl adjacent to an activating group) is 1. The number of hydrogen-bond donors (Lipinski definition) is 2. The van der Waals surface area contributed by atoms with Crippen LogP contribution in [-0.2, 0) is 9.59 Å². The van der Waals surface area contributed by atoms with Gasteiger partial charge in [-0.15, -0.1) is 0 Å². The maximum absolute atomic E-state index is 11.5. The highest BCUT2D eigenvalue weighted by atomic mass is 16.2. The maximum atomic E-state index is 11.5. The lowest BCUT2D eigenvalue weighted by Gasteiger charge is -2.20. The third-order valence-electron chi connectivity index (χ3n) is 2.23. The van der Waals surface area contributed by atoms with Crippen LogP contribution in [0.5, 0.6) is 0 Å². The number of amides is 2. The highest BCUT2D eigenvalue weighted by Crippen LogP contribution is 1.91. The Kier molecular flexibility index (Phi) is 6.70. The Morgan fingerprint density at radius 2 is 1.87 bits per heavy atom. The SMILES string of the molecule is CCN(CC)C(=O)CNC(C)CC(N)=O. The quantitative estimate of drug-likeness (QED) is 0.612. The molecule has 0 aliphatic rings. The van der Waals surface area contributed by atoms with Gasteiger partial charge in [0.05, 0.1) is 6.54 Å². The Bertz CT molecular complexity index is 215. The van der Waals surface area contributed by atoms with Crippen LogP contribution in [0.15, 0.2) is 0 Å². The smallest absolute Gasteiger partial charge is 0.236 e. The van der Waals surface area contributed by atoms with Gasteiger partial charge >= 0.3 is 0 Å². The van der Waals surface area contributed by atoms with Gasteiger partial charge < -0.3 is 16.0 Å². The lowest BCUT2D eigenvalue weighted by Crippen LogP contribution is -2.41. The molecule has 0 aliphatic heterocycles. The molecule has 0 heterocycles. The van der Waals surface area contributed by atoms with Crippen molar-refractivity contribution in [3.8, 4) is 0 Å². The second-order valence-corrected chi connectivity index (χ2v) is 3.52. The minimum Gasteiger partial charge on any atom is -0.370 e. The highest BCUT2D eigenvalue weighted by Gasteiger charge is 2.11. The summed E-state index contributed by atoms with van der Waals surface area (Å²) in [5, 5.41) is 2.97. The molecule has 3 N–H and O–H groups in total. The lowest BCUT2D eigenvalue weighted by molar-refractivity contribution is -0.130. The van der Waals surface area contributed by atoms with E-state index in [9.17, 15) is 9.59 Å². The minimum absolute atomic E-state index is 0.0521. The van der Waals surface area contributed by atoms with Crippen LogP contribution in [0.3, 0.4) is 0 Å². The van der Waals surface area contributed by atoms with E-state index >= 15 is 0 Å². The third kappa shape index (κ3) is 6.06. The number of nitrogens with two attached hydrogens (primary N) is 1. The van der Waals surface area contributed by atoms with Crippen molar-refractivity contribution in [1.82, 2.24) is 10.2 Å². The largest absolute Gasteiger partial charge is 0.370 e. The summed E-state index contributed by atoms with van der Waals surface area (Å²) < 4.78 is 0. The van der Waals surface area contributed by atoms with E-state index in [-0.39, 0.29) is 30.8 Å². The van der Waals surface area contributed by atoms with Gasteiger partial charge in [-0.05, 0) is 20.8 Å². The van der Waals surface area contributed by atoms with Gasteiger partial charge in [-0.2, -0.15) is 0 Å². The van der Waals surface area contributed by atoms with Gasteiger partial charge in [0.15, 0.2) is 0 Å². The second kappa shape index (κ2) is 7.23. The van der Waals surface area contributed by atoms with Gasteiger partial charge in [-0.25, -0.2) is 0 Å². The molecule has 0 saturated heterocycles. The molecule has 0 fully saturated rings. The molecule has 1 unspecified atom stereocenters. The molecule has 0 rings (SSSR count). The van der Waals surface area contributed by atoms with Gasteiger partial charge in [-0.1, -0.05) is 0 Å². The predicted octanol–water partition coefficient (Wildman–Crippen LogP) is -0.292. The summed E-state index contributed by atoms with van der Waals surface area (Å²) in [6.07, 6.45) is 0.255. The summed E-state index contributed by atoms with van der Waals surface area (Å²) in [7, 11) is 0. The summed E-state index contributed by atoms with van der Waals surface area (Å²) in [5.41, 5.74) is 5.04. The van der Waals surface area contributed by atoms with Crippen molar-refractivity contribution in [2.24, 2.45) is 5.73 Å². The number of primary amides is 1. The van der Waals surface area contributed by atoms with Crippen LogP contribution < -0.4 is 11.1 Å². The molecule has 0 aliphatic carbocycles. The van der Waals surface area contributed by atoms with E-state index in [1.54, 1.807) is 4.90 Å². The van der Waals surface area contributed by atoms with Crippen LogP contribution >= 0.6 is 0 Å². The first kappa shape index (κ1) is 13.9. The summed E-state index contributed by atoms with van der Waals surface area (Å²) in [4.78, 5) is 23.9. The number of nitrogens with one attached hydrogen (secondary N) is 1. The third-order valence-corrected chi connectivity index (χ3v) is 2.23. The molecule has 5 nitrogen and oxygen atoms in total. The van der Waals surface area contributed by atoms with E-state index in [2.05, 4.69) is 5.32 Å². The maximum Gasteiger partial charge on any atom is 0.236 e. The fraction of sp³-hybridized carbons (Fsp3) is 0.800. The standard InChI is InChI=1S/C10H21N3O2/c1-4-13(5-2)10(15)7-12-8(3)6-9(11)14/h8,12H,4-7H2,1-3H3,(H2,11,14). The summed E-state index contributed by atoms with van der Waals surface area (Å²) in [5.74, 6) is -0.304. The van der Waals surface area contributed by atoms with E-state index in [4.69, 9.17) is 5.73 Å². The molecule has 0 aromatic rings. The molecular formula is C10H21N3O2. The number of rotatable bonds is 7. The molecule has 2 amide bonds. The number of carbonyl (C=O) groups is 2. The molecule has 88 valence electrons. The molecule has 0 saturated carbocycles. The van der Waals surface area contributed by atoms with Crippen molar-refractivity contribution < 1.29 is 9.59 Å². The van der Waals surface area contributed by atoms with Crippen molar-refractivity contribution >= 4 is 11.8 Å². The molecule has 0 radical (unpaired) electrons. The van der Waals surface area contributed by atoms with Crippen LogP contribution in [0.4, 0.5) is 0 Å². The van der Waals surface area contributed by atoms with Gasteiger partial charge in [0.2, 0.25) is 11.8 Å². The molecule has 15 heavy (non-hydrogen) atoms. The average Bonchev–Trinajstić information content (AvgIpc) is 2.15. The van der Waals surface area contributed by atoms with Crippen LogP contribution in [0.1, 0.15) is 27.2 Å². The first-order chi connectivity index (χ1) is 7.01. The van der Waals surface area contributed by atoms with Gasteiger partial charge in [0, 0.05) is 25.6 Å². The molecule has 1 atom stereocenters. The van der Waals surface area contributed by atoms with Gasteiger partial charge in [-0.3, -0.25) is 9.59 Å². The second-order valence-electron chi connectivity index (χ2n) is 3.52. The van der Waals surface area contributed by atoms with Crippen LogP contribution in [-0.4, -0.2) is 42.4 Å². The Labute approximate surface area is 91.0 Å². The normalized spacial score (nSPS) is 12.2. The Balaban J connectivity index is 3.83. The van der Waals surface area contributed by atoms with Gasteiger partial charge in [0.1, 0.15) is 0 Å². The summed E-state index contributed by atoms with van der Waals surface area (Å²) in [6.45, 7) is 7.39. The predicted molar refractivity (Wildman–Crippen MR) is 59.2 cm³/mol. The van der Waals surface area contributed by atoms with E-state index in [0.29, 0.717) is 13.1 Å². The first-order valence-electron chi connectivity index (χ1n) is 5.30. The molecular weight excluding hydrogens is 194 g/mol. The molecule has 0 spiro atoms. The average molecular weight is 215 g/mol. The first-order valence-corrected chi connectivity index (χ1v) is 5.30. The topological polar surface area (TPSA) is 75.4 Å². The fourth-order valence-corrected chi connectivity index (χ4v) is 1.32. The summed E-state index contributed by atoms with van der Waals surface area (Å²) in [6, 6.07) is -0.0537. The van der Waals surface area contributed by atoms with E-state index in [1.165, 1.54) is 0 Å². The van der Waals surface area contributed by atoms with E-state index in [0.717, 1.165) is 0 Å². The van der Waals surface area contributed by atoms with Crippen LogP contribution in [0.25, 0.3) is 0 Å². The van der Waals surface area contributed by atoms with E-state index in [1.807, 2.05) is 20.8 Å². The number of carbonyl (C=O) groups excluding carboxylic acids is 2. The zero-order chi connectivity index (χ0) is 11.8. The van der Waals surface area contributed by atoms with E-state index < -0.39 is 0 Å². The molecule has 0 bridgehead atoms. The Morgan fingerprint density at radius 3 is 2.27 bits per heavy atom. The highest BCUT2D eigenvalue weighted by molar-refractivity contribution is 5.78. The number of nitrogens with zero attached hydrogens (tertiary/aromatic N) is 1. The van der Waals surface area contributed by atoms with Crippen molar-refractivity contribution in [1.29, 1.82) is 0 Å². The lowest BCUT2D eigenvalue weighted by atomic mass is 10.2. The molecule has 5 heteroatoms. The Hall–Kier alpha value is -1.10. The monoisotopic (exact) mass is 215 g/mol. The van der Waals surface area contributed by atoms with Crippen molar-refractivity contribution in [3.05, 3.63) is 0 Å². The minimum atomic E-state index is -0.356. The zero-order valence-electron chi connectivity index (χ0n) is 9.75. The van der Waals surface area contributed by atoms with Crippen LogP contribution in [0, 0.1) is 0 Å². The fourth-order valence-electron chi connectivity index (χ4n) is 1.32. The molecule has 0 aromatic carbocycles. The van der Waals surface area contributed by atoms with Crippen molar-refractivity contribution in [2.75, 3.05) is 19.6 Å². The summed E-state index contributed by atoms with van der Waals surface area (Å²) >= 11 is 0. The van der Waals surface area contributed by atoms with Crippen molar-refractivity contribution in [2.45, 2.75) is 33.2 Å². The number of hydrogen-bond acceptors (Lipinski definition) is 3. The zero-order valence-corrected chi connectivity index (χ0v) is 9.75. The van der Waals surface area contributed by atoms with Gasteiger partial charge in [0.25, 0.3) is 0 Å². The Morgan fingerprint density at radius 1 is 1.33 bits per heavy atom. The van der Waals surface area contributed by atoms with Crippen molar-refractivity contribution in [3.63, 3.8) is 0 Å². The molecule has 0 aromatic heterocycles. The van der Waals surface area contributed by atoms with Crippen LogP contribution in [0.2, 0.25) is 0 Å².